The van der Waals surface area contributed by atoms with Gasteiger partial charge in [0.05, 0.1) is 11.4 Å². The van der Waals surface area contributed by atoms with Gasteiger partial charge in [0.1, 0.15) is 8.07 Å². The number of fused-ring (bicyclic) bond motifs is 8. The summed E-state index contributed by atoms with van der Waals surface area (Å²) in [7, 11) is -1.82. The van der Waals surface area contributed by atoms with Crippen LogP contribution in [0.25, 0.3) is 34.1 Å². The highest BCUT2D eigenvalue weighted by molar-refractivity contribution is 7.02. The highest BCUT2D eigenvalue weighted by Crippen LogP contribution is 2.54. The van der Waals surface area contributed by atoms with E-state index in [9.17, 15) is 0 Å². The van der Waals surface area contributed by atoms with Crippen molar-refractivity contribution in [2.75, 3.05) is 9.80 Å². The van der Waals surface area contributed by atoms with Crippen LogP contribution in [0.15, 0.2) is 170 Å². The van der Waals surface area contributed by atoms with E-state index in [4.69, 9.17) is 4.74 Å². The second-order valence-corrected chi connectivity index (χ2v) is 21.0. The predicted octanol–water partition coefficient (Wildman–Crippen LogP) is 13.5. The van der Waals surface area contributed by atoms with Gasteiger partial charge >= 0.3 is 0 Å². The molecule has 8 aromatic carbocycles. The van der Waals surface area contributed by atoms with E-state index < -0.39 is 8.07 Å². The van der Waals surface area contributed by atoms with Crippen LogP contribution in [0.4, 0.5) is 34.1 Å². The van der Waals surface area contributed by atoms with Crippen molar-refractivity contribution in [1.29, 1.82) is 0 Å². The van der Waals surface area contributed by atoms with Crippen molar-refractivity contribution < 1.29 is 4.74 Å². The fraction of sp³-hybridized carbons (Fsp3) is 0.0943. The molecule has 0 radical (unpaired) electrons. The van der Waals surface area contributed by atoms with Gasteiger partial charge in [-0.1, -0.05) is 142 Å². The van der Waals surface area contributed by atoms with E-state index in [1.165, 1.54) is 71.6 Å². The minimum Gasteiger partial charge on any atom is -0.453 e. The van der Waals surface area contributed by atoms with E-state index in [0.29, 0.717) is 0 Å². The number of nitrogens with zero attached hydrogens (tertiary/aromatic N) is 2. The Hall–Kier alpha value is -6.62. The molecule has 0 spiro atoms. The van der Waals surface area contributed by atoms with E-state index in [1.807, 2.05) is 24.3 Å². The van der Waals surface area contributed by atoms with Crippen molar-refractivity contribution in [2.24, 2.45) is 0 Å². The molecule has 4 heteroatoms. The van der Waals surface area contributed by atoms with Crippen molar-refractivity contribution in [3.8, 4) is 22.6 Å². The first kappa shape index (κ1) is 33.7. The Kier molecular flexibility index (Phi) is 7.35. The van der Waals surface area contributed by atoms with E-state index in [0.717, 1.165) is 28.6 Å². The van der Waals surface area contributed by atoms with Crippen LogP contribution in [0.5, 0.6) is 11.5 Å². The molecule has 0 unspecified atom stereocenters. The summed E-state index contributed by atoms with van der Waals surface area (Å²) >= 11 is 0. The SMILES string of the molecule is CC1(C)c2cc(C=Cc3ccc4cc(N5c6ccccc6[Si](C)(C)c6ccccc65)ccc4c3)ccc2-c2ccc(N3c4ccccc4Oc4ccccc43)cc21. The molecule has 0 N–H and O–H groups in total. The smallest absolute Gasteiger partial charge is 0.151 e. The molecule has 11 rings (SSSR count). The van der Waals surface area contributed by atoms with Gasteiger partial charge in [0.15, 0.2) is 11.5 Å². The summed E-state index contributed by atoms with van der Waals surface area (Å²) in [5.41, 5.74) is 14.6. The number of para-hydroxylation sites is 6. The minimum atomic E-state index is -1.82. The summed E-state index contributed by atoms with van der Waals surface area (Å²) < 4.78 is 6.31. The third kappa shape index (κ3) is 5.17. The summed E-state index contributed by atoms with van der Waals surface area (Å²) in [5, 5.41) is 5.44. The van der Waals surface area contributed by atoms with Gasteiger partial charge in [0.25, 0.3) is 0 Å². The quantitative estimate of drug-likeness (QED) is 0.132. The van der Waals surface area contributed by atoms with Crippen LogP contribution in [0, 0.1) is 0 Å². The first-order valence-corrected chi connectivity index (χ1v) is 22.9. The second-order valence-electron chi connectivity index (χ2n) is 16.7. The van der Waals surface area contributed by atoms with Crippen LogP contribution >= 0.6 is 0 Å². The number of hydrogen-bond acceptors (Lipinski definition) is 3. The Morgan fingerprint density at radius 1 is 0.456 bits per heavy atom. The molecule has 3 aliphatic rings. The normalized spacial score (nSPS) is 15.3. The summed E-state index contributed by atoms with van der Waals surface area (Å²) in [5.74, 6) is 1.74. The molecule has 3 nitrogen and oxygen atoms in total. The fourth-order valence-corrected chi connectivity index (χ4v) is 12.6. The van der Waals surface area contributed by atoms with E-state index in [2.05, 4.69) is 194 Å². The first-order chi connectivity index (χ1) is 27.8. The molecule has 2 heterocycles. The average Bonchev–Trinajstić information content (AvgIpc) is 3.46. The summed E-state index contributed by atoms with van der Waals surface area (Å²) in [6.45, 7) is 9.66. The van der Waals surface area contributed by atoms with Crippen molar-refractivity contribution in [2.45, 2.75) is 32.4 Å². The van der Waals surface area contributed by atoms with Gasteiger partial charge in [-0.2, -0.15) is 0 Å². The lowest BCUT2D eigenvalue weighted by atomic mass is 9.81. The molecular formula is C53H42N2OSi. The van der Waals surface area contributed by atoms with Crippen LogP contribution < -0.4 is 24.9 Å². The number of rotatable bonds is 4. The van der Waals surface area contributed by atoms with Crippen LogP contribution in [-0.2, 0) is 5.41 Å². The van der Waals surface area contributed by atoms with Crippen molar-refractivity contribution in [3.63, 3.8) is 0 Å². The van der Waals surface area contributed by atoms with Crippen LogP contribution in [0.2, 0.25) is 13.1 Å². The van der Waals surface area contributed by atoms with E-state index >= 15 is 0 Å². The number of benzene rings is 8. The van der Waals surface area contributed by atoms with E-state index in [1.54, 1.807) is 0 Å². The maximum Gasteiger partial charge on any atom is 0.151 e. The van der Waals surface area contributed by atoms with Crippen molar-refractivity contribution in [1.82, 2.24) is 0 Å². The van der Waals surface area contributed by atoms with Gasteiger partial charge in [-0.05, 0) is 121 Å². The minimum absolute atomic E-state index is 0.163. The fourth-order valence-electron chi connectivity index (χ4n) is 9.60. The van der Waals surface area contributed by atoms with Crippen molar-refractivity contribution in [3.05, 3.63) is 192 Å². The Morgan fingerprint density at radius 3 is 1.58 bits per heavy atom. The topological polar surface area (TPSA) is 15.7 Å². The molecule has 0 saturated heterocycles. The summed E-state index contributed by atoms with van der Waals surface area (Å²) in [4.78, 5) is 4.80. The van der Waals surface area contributed by atoms with Crippen LogP contribution in [-0.4, -0.2) is 8.07 Å². The Bertz CT molecular complexity index is 2880. The van der Waals surface area contributed by atoms with Crippen molar-refractivity contribution >= 4 is 75.5 Å². The molecule has 0 aromatic heterocycles. The second kappa shape index (κ2) is 12.4. The van der Waals surface area contributed by atoms with Gasteiger partial charge in [-0.25, -0.2) is 0 Å². The molecule has 274 valence electrons. The highest BCUT2D eigenvalue weighted by Gasteiger charge is 2.39. The summed E-state index contributed by atoms with van der Waals surface area (Å²) in [6, 6.07) is 62.2. The third-order valence-electron chi connectivity index (χ3n) is 12.6. The molecule has 8 aromatic rings. The maximum atomic E-state index is 6.31. The lowest BCUT2D eigenvalue weighted by molar-refractivity contribution is 0.477. The number of ether oxygens (including phenoxy) is 1. The Morgan fingerprint density at radius 2 is 0.912 bits per heavy atom. The maximum absolute atomic E-state index is 6.31. The zero-order chi connectivity index (χ0) is 38.5. The molecule has 0 bridgehead atoms. The molecule has 0 amide bonds. The number of anilines is 6. The Balaban J connectivity index is 0.890. The Labute approximate surface area is 335 Å². The standard InChI is InChI=1S/C53H42N2OSi/c1-53(2)43-32-36(24-29-41(43)42-30-28-40(34-44(42)53)54-45-13-5-9-17-49(45)56-50-18-10-6-14-46(50)54)22-21-35-23-25-38-33-39(27-26-37(38)31-35)55-47-15-7-11-19-51(47)57(3,4)52-20-12-8-16-48(52)55/h5-34H,1-4H3. The molecule has 57 heavy (non-hydrogen) atoms. The zero-order valence-corrected chi connectivity index (χ0v) is 33.6. The zero-order valence-electron chi connectivity index (χ0n) is 32.6. The molecule has 1 aliphatic carbocycles. The summed E-state index contributed by atoms with van der Waals surface area (Å²) in [6.07, 6.45) is 4.51. The predicted molar refractivity (Wildman–Crippen MR) is 243 cm³/mol. The van der Waals surface area contributed by atoms with E-state index in [-0.39, 0.29) is 5.41 Å². The highest BCUT2D eigenvalue weighted by atomic mass is 28.3. The third-order valence-corrected chi connectivity index (χ3v) is 16.1. The monoisotopic (exact) mass is 750 g/mol. The molecule has 0 atom stereocenters. The van der Waals surface area contributed by atoms with Gasteiger partial charge in [0, 0.05) is 28.2 Å². The van der Waals surface area contributed by atoms with Gasteiger partial charge < -0.3 is 14.5 Å². The molecule has 0 fully saturated rings. The van der Waals surface area contributed by atoms with Crippen LogP contribution in [0.3, 0.4) is 0 Å². The molecular weight excluding hydrogens is 709 g/mol. The lowest BCUT2D eigenvalue weighted by Gasteiger charge is -2.41. The number of hydrogen-bond donors (Lipinski definition) is 0. The average molecular weight is 751 g/mol. The van der Waals surface area contributed by atoms with Gasteiger partial charge in [-0.15, -0.1) is 0 Å². The molecule has 0 saturated carbocycles. The van der Waals surface area contributed by atoms with Crippen LogP contribution in [0.1, 0.15) is 36.1 Å². The largest absolute Gasteiger partial charge is 0.453 e. The lowest BCUT2D eigenvalue weighted by Crippen LogP contribution is -2.58. The molecule has 2 aliphatic heterocycles. The first-order valence-electron chi connectivity index (χ1n) is 19.9. The van der Waals surface area contributed by atoms with Gasteiger partial charge in [-0.3, -0.25) is 0 Å². The van der Waals surface area contributed by atoms with Gasteiger partial charge in [0.2, 0.25) is 0 Å².